The van der Waals surface area contributed by atoms with Crippen LogP contribution in [0.2, 0.25) is 0 Å². The highest BCUT2D eigenvalue weighted by molar-refractivity contribution is 5.78. The number of morpholine rings is 1. The van der Waals surface area contributed by atoms with Crippen molar-refractivity contribution in [2.45, 2.75) is 19.6 Å². The summed E-state index contributed by atoms with van der Waals surface area (Å²) in [6, 6.07) is 10.0. The third-order valence-electron chi connectivity index (χ3n) is 4.10. The molecular formula is C17H23N5O2. The first-order valence-corrected chi connectivity index (χ1v) is 8.12. The molecule has 1 saturated heterocycles. The predicted octanol–water partition coefficient (Wildman–Crippen LogP) is 1.15. The van der Waals surface area contributed by atoms with E-state index >= 15 is 0 Å². The van der Waals surface area contributed by atoms with Gasteiger partial charge in [-0.1, -0.05) is 30.3 Å². The minimum Gasteiger partial charge on any atom is -0.367 e. The predicted molar refractivity (Wildman–Crippen MR) is 89.2 cm³/mol. The van der Waals surface area contributed by atoms with Gasteiger partial charge >= 0.3 is 0 Å². The topological polar surface area (TPSA) is 74.3 Å². The van der Waals surface area contributed by atoms with E-state index in [2.05, 4.69) is 20.1 Å². The number of H-pyrrole nitrogens is 1. The van der Waals surface area contributed by atoms with Crippen LogP contribution in [0, 0.1) is 6.92 Å². The molecule has 1 aliphatic rings. The number of ether oxygens (including phenoxy) is 1. The second-order valence-corrected chi connectivity index (χ2v) is 6.11. The van der Waals surface area contributed by atoms with E-state index in [9.17, 15) is 4.79 Å². The number of aryl methyl sites for hydroxylation is 1. The molecular weight excluding hydrogens is 306 g/mol. The maximum Gasteiger partial charge on any atom is 0.236 e. The van der Waals surface area contributed by atoms with Gasteiger partial charge in [0.2, 0.25) is 5.91 Å². The van der Waals surface area contributed by atoms with Gasteiger partial charge < -0.3 is 9.64 Å². The molecule has 1 fully saturated rings. The van der Waals surface area contributed by atoms with Crippen molar-refractivity contribution in [3.05, 3.63) is 47.5 Å². The van der Waals surface area contributed by atoms with Crippen molar-refractivity contribution in [2.75, 3.05) is 33.3 Å². The van der Waals surface area contributed by atoms with Gasteiger partial charge in [0, 0.05) is 26.7 Å². The molecule has 1 aromatic carbocycles. The third kappa shape index (κ3) is 4.18. The standard InChI is InChI=1S/C17H23N5O2/c1-13-18-17(20-19-13)15-11-22(8-9-24-15)12-16(23)21(2)10-14-6-4-3-5-7-14/h3-7,15H,8-12H2,1-2H3,(H,18,19,20)/t15-/m1/s1. The van der Waals surface area contributed by atoms with Crippen LogP contribution >= 0.6 is 0 Å². The third-order valence-corrected chi connectivity index (χ3v) is 4.10. The number of hydrogen-bond acceptors (Lipinski definition) is 5. The highest BCUT2D eigenvalue weighted by Gasteiger charge is 2.26. The molecule has 1 aliphatic heterocycles. The molecule has 0 spiro atoms. The van der Waals surface area contributed by atoms with E-state index in [4.69, 9.17) is 4.74 Å². The molecule has 7 heteroatoms. The summed E-state index contributed by atoms with van der Waals surface area (Å²) >= 11 is 0. The number of nitrogens with one attached hydrogen (secondary N) is 1. The lowest BCUT2D eigenvalue weighted by molar-refractivity contribution is -0.133. The fourth-order valence-electron chi connectivity index (χ4n) is 2.76. The molecule has 0 saturated carbocycles. The van der Waals surface area contributed by atoms with E-state index in [1.54, 1.807) is 4.90 Å². The van der Waals surface area contributed by atoms with Gasteiger partial charge in [0.15, 0.2) is 5.82 Å². The summed E-state index contributed by atoms with van der Waals surface area (Å²) in [5, 5.41) is 6.99. The number of aromatic amines is 1. The molecule has 1 amide bonds. The highest BCUT2D eigenvalue weighted by Crippen LogP contribution is 2.19. The Morgan fingerprint density at radius 1 is 1.42 bits per heavy atom. The Balaban J connectivity index is 1.53. The molecule has 1 atom stereocenters. The van der Waals surface area contributed by atoms with Gasteiger partial charge in [-0.2, -0.15) is 5.10 Å². The molecule has 0 bridgehead atoms. The van der Waals surface area contributed by atoms with Crippen LogP contribution in [0.4, 0.5) is 0 Å². The lowest BCUT2D eigenvalue weighted by atomic mass is 10.2. The summed E-state index contributed by atoms with van der Waals surface area (Å²) < 4.78 is 5.73. The highest BCUT2D eigenvalue weighted by atomic mass is 16.5. The van der Waals surface area contributed by atoms with Gasteiger partial charge in [-0.25, -0.2) is 4.98 Å². The monoisotopic (exact) mass is 329 g/mol. The Bertz CT molecular complexity index is 673. The lowest BCUT2D eigenvalue weighted by Gasteiger charge is -2.32. The number of amides is 1. The summed E-state index contributed by atoms with van der Waals surface area (Å²) in [7, 11) is 1.84. The average Bonchev–Trinajstić information content (AvgIpc) is 3.02. The number of benzene rings is 1. The molecule has 0 radical (unpaired) electrons. The zero-order valence-electron chi connectivity index (χ0n) is 14.1. The number of nitrogens with zero attached hydrogens (tertiary/aromatic N) is 4. The SMILES string of the molecule is Cc1nc([C@H]2CN(CC(=O)N(C)Cc3ccccc3)CCO2)n[nH]1. The Morgan fingerprint density at radius 2 is 2.21 bits per heavy atom. The quantitative estimate of drug-likeness (QED) is 0.890. The van der Waals surface area contributed by atoms with E-state index in [1.807, 2.05) is 44.3 Å². The Kier molecular flexibility index (Phi) is 5.22. The van der Waals surface area contributed by atoms with Gasteiger partial charge in [0.1, 0.15) is 11.9 Å². The number of carbonyl (C=O) groups is 1. The van der Waals surface area contributed by atoms with Crippen LogP contribution in [-0.2, 0) is 16.1 Å². The summed E-state index contributed by atoms with van der Waals surface area (Å²) in [6.45, 7) is 4.81. The first-order chi connectivity index (χ1) is 11.6. The van der Waals surface area contributed by atoms with Gasteiger partial charge in [0.05, 0.1) is 13.2 Å². The van der Waals surface area contributed by atoms with Gasteiger partial charge in [-0.15, -0.1) is 0 Å². The van der Waals surface area contributed by atoms with Crippen LogP contribution in [0.3, 0.4) is 0 Å². The normalized spacial score (nSPS) is 18.5. The molecule has 1 aromatic heterocycles. The number of hydrogen-bond donors (Lipinski definition) is 1. The number of aromatic nitrogens is 3. The fourth-order valence-corrected chi connectivity index (χ4v) is 2.76. The number of carbonyl (C=O) groups excluding carboxylic acids is 1. The van der Waals surface area contributed by atoms with Crippen molar-refractivity contribution >= 4 is 5.91 Å². The Hall–Kier alpha value is -2.25. The summed E-state index contributed by atoms with van der Waals surface area (Å²) in [5.74, 6) is 1.53. The molecule has 128 valence electrons. The zero-order chi connectivity index (χ0) is 16.9. The molecule has 0 aliphatic carbocycles. The number of likely N-dealkylation sites (N-methyl/N-ethyl adjacent to an activating group) is 1. The minimum atomic E-state index is -0.184. The van der Waals surface area contributed by atoms with Crippen molar-refractivity contribution in [2.24, 2.45) is 0 Å². The molecule has 1 N–H and O–H groups in total. The van der Waals surface area contributed by atoms with Crippen molar-refractivity contribution in [1.29, 1.82) is 0 Å². The summed E-state index contributed by atoms with van der Waals surface area (Å²) in [5.41, 5.74) is 1.13. The van der Waals surface area contributed by atoms with Crippen LogP contribution in [0.1, 0.15) is 23.3 Å². The van der Waals surface area contributed by atoms with Crippen molar-refractivity contribution in [1.82, 2.24) is 25.0 Å². The van der Waals surface area contributed by atoms with E-state index < -0.39 is 0 Å². The van der Waals surface area contributed by atoms with Gasteiger partial charge in [-0.3, -0.25) is 14.8 Å². The Labute approximate surface area is 141 Å². The number of rotatable bonds is 5. The molecule has 24 heavy (non-hydrogen) atoms. The van der Waals surface area contributed by atoms with Crippen LogP contribution in [0.15, 0.2) is 30.3 Å². The zero-order valence-corrected chi connectivity index (χ0v) is 14.1. The maximum atomic E-state index is 12.5. The van der Waals surface area contributed by atoms with Crippen molar-refractivity contribution < 1.29 is 9.53 Å². The average molecular weight is 329 g/mol. The van der Waals surface area contributed by atoms with Gasteiger partial charge in [-0.05, 0) is 12.5 Å². The van der Waals surface area contributed by atoms with Crippen molar-refractivity contribution in [3.63, 3.8) is 0 Å². The Morgan fingerprint density at radius 3 is 2.92 bits per heavy atom. The van der Waals surface area contributed by atoms with Crippen molar-refractivity contribution in [3.8, 4) is 0 Å². The van der Waals surface area contributed by atoms with Crippen LogP contribution in [0.25, 0.3) is 0 Å². The van der Waals surface area contributed by atoms with E-state index in [0.717, 1.165) is 17.9 Å². The molecule has 2 aromatic rings. The van der Waals surface area contributed by atoms with E-state index in [-0.39, 0.29) is 12.0 Å². The largest absolute Gasteiger partial charge is 0.367 e. The minimum absolute atomic E-state index is 0.102. The van der Waals surface area contributed by atoms with Crippen LogP contribution in [0.5, 0.6) is 0 Å². The van der Waals surface area contributed by atoms with E-state index in [1.165, 1.54) is 0 Å². The maximum absolute atomic E-state index is 12.5. The first-order valence-electron chi connectivity index (χ1n) is 8.12. The molecule has 0 unspecified atom stereocenters. The molecule has 3 rings (SSSR count). The van der Waals surface area contributed by atoms with Gasteiger partial charge in [0.25, 0.3) is 0 Å². The first kappa shape index (κ1) is 16.6. The lowest BCUT2D eigenvalue weighted by Crippen LogP contribution is -2.44. The molecule has 2 heterocycles. The van der Waals surface area contributed by atoms with Crippen LogP contribution < -0.4 is 0 Å². The smallest absolute Gasteiger partial charge is 0.236 e. The van der Waals surface area contributed by atoms with Crippen LogP contribution in [-0.4, -0.2) is 64.2 Å². The second kappa shape index (κ2) is 7.55. The summed E-state index contributed by atoms with van der Waals surface area (Å²) in [6.07, 6.45) is -0.184. The van der Waals surface area contributed by atoms with E-state index in [0.29, 0.717) is 32.1 Å². The fraction of sp³-hybridized carbons (Fsp3) is 0.471. The summed E-state index contributed by atoms with van der Waals surface area (Å²) in [4.78, 5) is 20.7. The molecule has 7 nitrogen and oxygen atoms in total. The second-order valence-electron chi connectivity index (χ2n) is 6.11.